The highest BCUT2D eigenvalue weighted by molar-refractivity contribution is 9.10. The summed E-state index contributed by atoms with van der Waals surface area (Å²) in [4.78, 5) is 12.0. The summed E-state index contributed by atoms with van der Waals surface area (Å²) in [5.41, 5.74) is -0.101. The summed E-state index contributed by atoms with van der Waals surface area (Å²) in [5, 5.41) is 0. The maximum absolute atomic E-state index is 12.7. The van der Waals surface area contributed by atoms with E-state index in [-0.39, 0.29) is 15.8 Å². The smallest absolute Gasteiger partial charge is 0.289 e. The van der Waals surface area contributed by atoms with Crippen LogP contribution in [-0.4, -0.2) is 5.78 Å². The molecule has 0 bridgehead atoms. The van der Waals surface area contributed by atoms with Gasteiger partial charge in [-0.2, -0.15) is 13.2 Å². The highest BCUT2D eigenvalue weighted by Gasteiger charge is 2.33. The van der Waals surface area contributed by atoms with Crippen LogP contribution in [0, 0.1) is 0 Å². The van der Waals surface area contributed by atoms with Crippen molar-refractivity contribution < 1.29 is 18.0 Å². The van der Waals surface area contributed by atoms with E-state index in [9.17, 15) is 18.0 Å². The zero-order valence-electron chi connectivity index (χ0n) is 9.35. The van der Waals surface area contributed by atoms with E-state index in [2.05, 4.69) is 15.9 Å². The van der Waals surface area contributed by atoms with E-state index >= 15 is 0 Å². The largest absolute Gasteiger partial charge is 0.417 e. The van der Waals surface area contributed by atoms with Gasteiger partial charge in [0.2, 0.25) is 0 Å². The Balaban J connectivity index is 2.38. The Hall–Kier alpha value is -1.10. The van der Waals surface area contributed by atoms with Crippen LogP contribution >= 0.6 is 15.9 Å². The summed E-state index contributed by atoms with van der Waals surface area (Å²) in [6, 6.07) is 3.60. The molecule has 0 fully saturated rings. The number of carbonyl (C=O) groups is 1. The van der Waals surface area contributed by atoms with Crippen molar-refractivity contribution >= 4 is 21.7 Å². The number of halogens is 4. The van der Waals surface area contributed by atoms with Gasteiger partial charge in [-0.15, -0.1) is 0 Å². The van der Waals surface area contributed by atoms with Gasteiger partial charge in [-0.3, -0.25) is 4.79 Å². The molecule has 0 unspecified atom stereocenters. The molecule has 2 rings (SSSR count). The van der Waals surface area contributed by atoms with Crippen molar-refractivity contribution in [3.05, 3.63) is 45.4 Å². The van der Waals surface area contributed by atoms with E-state index in [1.807, 2.05) is 0 Å². The molecule has 0 spiro atoms. The number of rotatable bonds is 2. The third-order valence-electron chi connectivity index (χ3n) is 2.87. The van der Waals surface area contributed by atoms with Crippen molar-refractivity contribution in [2.45, 2.75) is 25.4 Å². The lowest BCUT2D eigenvalue weighted by Crippen LogP contribution is -2.09. The van der Waals surface area contributed by atoms with Crippen molar-refractivity contribution in [1.29, 1.82) is 0 Å². The third kappa shape index (κ3) is 2.66. The highest BCUT2D eigenvalue weighted by Crippen LogP contribution is 2.36. The molecule has 1 nitrogen and oxygen atoms in total. The lowest BCUT2D eigenvalue weighted by atomic mass is 10.0. The molecule has 0 aliphatic heterocycles. The van der Waals surface area contributed by atoms with Gasteiger partial charge < -0.3 is 0 Å². The predicted molar refractivity (Wildman–Crippen MR) is 65.4 cm³/mol. The van der Waals surface area contributed by atoms with E-state index in [1.54, 1.807) is 6.08 Å². The van der Waals surface area contributed by atoms with Crippen LogP contribution in [0.1, 0.15) is 35.2 Å². The number of hydrogen-bond acceptors (Lipinski definition) is 1. The monoisotopic (exact) mass is 318 g/mol. The average molecular weight is 319 g/mol. The Morgan fingerprint density at radius 1 is 1.28 bits per heavy atom. The standard InChI is InChI=1S/C13H10BrF3O/c14-11-6-5-9(7-10(11)13(15,16)17)12(18)8-3-1-2-4-8/h3,5-7H,1-2,4H2. The van der Waals surface area contributed by atoms with Crippen LogP contribution in [0.5, 0.6) is 0 Å². The molecule has 0 amide bonds. The Bertz CT molecular complexity index is 517. The molecule has 1 aliphatic rings. The van der Waals surface area contributed by atoms with Crippen LogP contribution in [0.15, 0.2) is 34.3 Å². The zero-order valence-corrected chi connectivity index (χ0v) is 10.9. The Labute approximate surface area is 111 Å². The molecule has 96 valence electrons. The van der Waals surface area contributed by atoms with Gasteiger partial charge >= 0.3 is 6.18 Å². The van der Waals surface area contributed by atoms with Gasteiger partial charge in [-0.05, 0) is 43.0 Å². The first-order valence-corrected chi connectivity index (χ1v) is 6.29. The molecular weight excluding hydrogens is 309 g/mol. The maximum Gasteiger partial charge on any atom is 0.417 e. The molecule has 5 heteroatoms. The predicted octanol–water partition coefficient (Wildman–Crippen LogP) is 4.76. The normalized spacial score (nSPS) is 15.7. The van der Waals surface area contributed by atoms with E-state index in [4.69, 9.17) is 0 Å². The number of allylic oxidation sites excluding steroid dienone is 2. The average Bonchev–Trinajstić information content (AvgIpc) is 2.80. The van der Waals surface area contributed by atoms with Gasteiger partial charge in [0.25, 0.3) is 0 Å². The van der Waals surface area contributed by atoms with Crippen molar-refractivity contribution in [3.8, 4) is 0 Å². The third-order valence-corrected chi connectivity index (χ3v) is 3.56. The molecular formula is C13H10BrF3O. The first-order chi connectivity index (χ1) is 8.39. The zero-order chi connectivity index (χ0) is 13.3. The second kappa shape index (κ2) is 4.88. The van der Waals surface area contributed by atoms with Crippen LogP contribution in [-0.2, 0) is 6.18 Å². The van der Waals surface area contributed by atoms with Crippen LogP contribution in [0.25, 0.3) is 0 Å². The van der Waals surface area contributed by atoms with Crippen molar-refractivity contribution in [2.75, 3.05) is 0 Å². The first-order valence-electron chi connectivity index (χ1n) is 5.50. The summed E-state index contributed by atoms with van der Waals surface area (Å²) in [6.07, 6.45) is -0.291. The topological polar surface area (TPSA) is 17.1 Å². The summed E-state index contributed by atoms with van der Waals surface area (Å²) >= 11 is 2.85. The van der Waals surface area contributed by atoms with Gasteiger partial charge in [-0.1, -0.05) is 22.0 Å². The van der Waals surface area contributed by atoms with Gasteiger partial charge in [0.15, 0.2) is 5.78 Å². The maximum atomic E-state index is 12.7. The molecule has 0 saturated heterocycles. The van der Waals surface area contributed by atoms with Crippen LogP contribution in [0.3, 0.4) is 0 Å². The summed E-state index contributed by atoms with van der Waals surface area (Å²) < 4.78 is 38.1. The fraction of sp³-hybridized carbons (Fsp3) is 0.308. The second-order valence-electron chi connectivity index (χ2n) is 4.14. The van der Waals surface area contributed by atoms with Gasteiger partial charge in [0.05, 0.1) is 5.56 Å². The lowest BCUT2D eigenvalue weighted by molar-refractivity contribution is -0.138. The van der Waals surface area contributed by atoms with Gasteiger partial charge in [0, 0.05) is 10.0 Å². The fourth-order valence-corrected chi connectivity index (χ4v) is 2.42. The number of benzene rings is 1. The first kappa shape index (κ1) is 13.3. The molecule has 18 heavy (non-hydrogen) atoms. The molecule has 1 aromatic carbocycles. The van der Waals surface area contributed by atoms with Gasteiger partial charge in [-0.25, -0.2) is 0 Å². The minimum absolute atomic E-state index is 0.0491. The van der Waals surface area contributed by atoms with Crippen LogP contribution in [0.2, 0.25) is 0 Å². The van der Waals surface area contributed by atoms with E-state index in [0.717, 1.165) is 18.9 Å². The lowest BCUT2D eigenvalue weighted by Gasteiger charge is -2.11. The Morgan fingerprint density at radius 2 is 2.00 bits per heavy atom. The van der Waals surface area contributed by atoms with Crippen LogP contribution < -0.4 is 0 Å². The summed E-state index contributed by atoms with van der Waals surface area (Å²) in [7, 11) is 0. The highest BCUT2D eigenvalue weighted by atomic mass is 79.9. The molecule has 0 atom stereocenters. The number of Topliss-reactive ketones (excluding diaryl/α,β-unsaturated/α-hetero) is 1. The molecule has 0 N–H and O–H groups in total. The molecule has 0 radical (unpaired) electrons. The number of alkyl halides is 3. The van der Waals surface area contributed by atoms with Crippen molar-refractivity contribution in [1.82, 2.24) is 0 Å². The van der Waals surface area contributed by atoms with E-state index < -0.39 is 11.7 Å². The second-order valence-corrected chi connectivity index (χ2v) is 5.00. The number of ketones is 1. The Morgan fingerprint density at radius 3 is 2.56 bits per heavy atom. The minimum atomic E-state index is -4.46. The number of hydrogen-bond donors (Lipinski definition) is 0. The fourth-order valence-electron chi connectivity index (χ4n) is 1.95. The van der Waals surface area contributed by atoms with Crippen molar-refractivity contribution in [2.24, 2.45) is 0 Å². The molecule has 0 aromatic heterocycles. The van der Waals surface area contributed by atoms with Crippen LogP contribution in [0.4, 0.5) is 13.2 Å². The molecule has 1 aromatic rings. The van der Waals surface area contributed by atoms with Gasteiger partial charge in [0.1, 0.15) is 0 Å². The van der Waals surface area contributed by atoms with E-state index in [0.29, 0.717) is 12.0 Å². The molecule has 0 heterocycles. The summed E-state index contributed by atoms with van der Waals surface area (Å²) in [6.45, 7) is 0. The quantitative estimate of drug-likeness (QED) is 0.718. The summed E-state index contributed by atoms with van der Waals surface area (Å²) in [5.74, 6) is -0.300. The SMILES string of the molecule is O=C(C1=CCCC1)c1ccc(Br)c(C(F)(F)F)c1. The minimum Gasteiger partial charge on any atom is -0.289 e. The number of carbonyl (C=O) groups excluding carboxylic acids is 1. The molecule has 1 aliphatic carbocycles. The van der Waals surface area contributed by atoms with Crippen molar-refractivity contribution in [3.63, 3.8) is 0 Å². The Kier molecular flexibility index (Phi) is 3.61. The molecule has 0 saturated carbocycles. The van der Waals surface area contributed by atoms with E-state index in [1.165, 1.54) is 12.1 Å².